The van der Waals surface area contributed by atoms with E-state index in [-0.39, 0.29) is 5.41 Å². The van der Waals surface area contributed by atoms with Crippen molar-refractivity contribution in [3.8, 4) is 0 Å². The molecule has 14 heavy (non-hydrogen) atoms. The molecule has 0 aliphatic heterocycles. The predicted octanol–water partition coefficient (Wildman–Crippen LogP) is 3.31. The zero-order valence-electron chi connectivity index (χ0n) is 9.41. The Morgan fingerprint density at radius 3 is 2.50 bits per heavy atom. The summed E-state index contributed by atoms with van der Waals surface area (Å²) >= 11 is 0. The van der Waals surface area contributed by atoms with Crippen LogP contribution in [0, 0.1) is 0 Å². The number of imidazole rings is 1. The summed E-state index contributed by atoms with van der Waals surface area (Å²) in [6.45, 7) is 12.3. The lowest BCUT2D eigenvalue weighted by Crippen LogP contribution is -2.15. The van der Waals surface area contributed by atoms with Gasteiger partial charge in [-0.2, -0.15) is 0 Å². The molecule has 0 aromatic carbocycles. The summed E-state index contributed by atoms with van der Waals surface area (Å²) in [5, 5.41) is 0. The standard InChI is InChI=1S/C12H18N2/c1-6-8-11-13-9-10(12(3,4)5)14(11)7-2/h6-9H,2H2,1,3-5H3/b8-6-. The Kier molecular flexibility index (Phi) is 2.94. The molecule has 0 atom stereocenters. The molecule has 0 N–H and O–H groups in total. The van der Waals surface area contributed by atoms with E-state index < -0.39 is 0 Å². The van der Waals surface area contributed by atoms with Gasteiger partial charge in [-0.25, -0.2) is 4.98 Å². The minimum atomic E-state index is 0.0982. The maximum absolute atomic E-state index is 4.35. The van der Waals surface area contributed by atoms with Crippen molar-refractivity contribution in [1.82, 2.24) is 9.55 Å². The van der Waals surface area contributed by atoms with Gasteiger partial charge >= 0.3 is 0 Å². The zero-order valence-corrected chi connectivity index (χ0v) is 9.41. The molecule has 0 fully saturated rings. The van der Waals surface area contributed by atoms with Crippen LogP contribution >= 0.6 is 0 Å². The number of hydrogen-bond acceptors (Lipinski definition) is 1. The molecule has 0 bridgehead atoms. The van der Waals surface area contributed by atoms with Crippen LogP contribution < -0.4 is 0 Å². The van der Waals surface area contributed by atoms with Gasteiger partial charge in [0.1, 0.15) is 5.82 Å². The van der Waals surface area contributed by atoms with Gasteiger partial charge < -0.3 is 4.57 Å². The molecule has 0 aliphatic carbocycles. The highest BCUT2D eigenvalue weighted by atomic mass is 15.1. The summed E-state index contributed by atoms with van der Waals surface area (Å²) in [5.74, 6) is 0.937. The quantitative estimate of drug-likeness (QED) is 0.699. The fraction of sp³-hybridized carbons (Fsp3) is 0.417. The SMILES string of the molecule is C=Cn1c(C(C)(C)C)cnc1/C=C\C. The second-order valence-electron chi connectivity index (χ2n) is 4.30. The third-order valence-corrected chi connectivity index (χ3v) is 2.09. The molecule has 0 unspecified atom stereocenters. The molecule has 2 heteroatoms. The minimum absolute atomic E-state index is 0.0982. The van der Waals surface area contributed by atoms with Crippen LogP contribution in [0.15, 0.2) is 18.9 Å². The van der Waals surface area contributed by atoms with Crippen molar-refractivity contribution >= 4 is 12.3 Å². The van der Waals surface area contributed by atoms with Gasteiger partial charge in [-0.3, -0.25) is 0 Å². The van der Waals surface area contributed by atoms with Crippen molar-refractivity contribution in [2.45, 2.75) is 33.1 Å². The van der Waals surface area contributed by atoms with E-state index in [4.69, 9.17) is 0 Å². The first-order chi connectivity index (χ1) is 6.50. The number of allylic oxidation sites excluding steroid dienone is 1. The topological polar surface area (TPSA) is 17.8 Å². The van der Waals surface area contributed by atoms with Crippen LogP contribution in [0.4, 0.5) is 0 Å². The molecule has 0 aliphatic rings. The van der Waals surface area contributed by atoms with Crippen LogP contribution in [0.2, 0.25) is 0 Å². The highest BCUT2D eigenvalue weighted by Gasteiger charge is 2.19. The zero-order chi connectivity index (χ0) is 10.8. The number of aromatic nitrogens is 2. The first-order valence-corrected chi connectivity index (χ1v) is 4.83. The Morgan fingerprint density at radius 2 is 2.07 bits per heavy atom. The van der Waals surface area contributed by atoms with E-state index in [1.54, 1.807) is 0 Å². The van der Waals surface area contributed by atoms with E-state index in [0.29, 0.717) is 0 Å². The second kappa shape index (κ2) is 3.82. The lowest BCUT2D eigenvalue weighted by Gasteiger charge is -2.19. The highest BCUT2D eigenvalue weighted by molar-refractivity contribution is 5.46. The summed E-state index contributed by atoms with van der Waals surface area (Å²) in [7, 11) is 0. The third-order valence-electron chi connectivity index (χ3n) is 2.09. The molecule has 0 saturated heterocycles. The van der Waals surface area contributed by atoms with Gasteiger partial charge in [-0.05, 0) is 13.0 Å². The highest BCUT2D eigenvalue weighted by Crippen LogP contribution is 2.23. The number of hydrogen-bond donors (Lipinski definition) is 0. The fourth-order valence-corrected chi connectivity index (χ4v) is 1.39. The van der Waals surface area contributed by atoms with Crippen LogP contribution in [0.3, 0.4) is 0 Å². The number of rotatable bonds is 2. The summed E-state index contributed by atoms with van der Waals surface area (Å²) < 4.78 is 2.03. The van der Waals surface area contributed by atoms with Crippen LogP contribution in [-0.2, 0) is 5.41 Å². The maximum Gasteiger partial charge on any atom is 0.136 e. The average Bonchev–Trinajstić information content (AvgIpc) is 2.47. The molecule has 0 amide bonds. The molecular weight excluding hydrogens is 172 g/mol. The second-order valence-corrected chi connectivity index (χ2v) is 4.30. The largest absolute Gasteiger partial charge is 0.304 e. The smallest absolute Gasteiger partial charge is 0.136 e. The molecule has 1 rings (SSSR count). The predicted molar refractivity (Wildman–Crippen MR) is 62.0 cm³/mol. The fourth-order valence-electron chi connectivity index (χ4n) is 1.39. The van der Waals surface area contributed by atoms with Gasteiger partial charge in [0.15, 0.2) is 0 Å². The first kappa shape index (κ1) is 10.8. The van der Waals surface area contributed by atoms with Gasteiger partial charge in [0.2, 0.25) is 0 Å². The molecule has 2 nitrogen and oxygen atoms in total. The van der Waals surface area contributed by atoms with Crippen LogP contribution in [-0.4, -0.2) is 9.55 Å². The maximum atomic E-state index is 4.35. The Labute approximate surface area is 86.0 Å². The van der Waals surface area contributed by atoms with Crippen LogP contribution in [0.5, 0.6) is 0 Å². The van der Waals surface area contributed by atoms with E-state index in [9.17, 15) is 0 Å². The minimum Gasteiger partial charge on any atom is -0.304 e. The van der Waals surface area contributed by atoms with Crippen molar-refractivity contribution in [3.63, 3.8) is 0 Å². The lowest BCUT2D eigenvalue weighted by atomic mass is 9.93. The Hall–Kier alpha value is -1.31. The van der Waals surface area contributed by atoms with Crippen LogP contribution in [0.1, 0.15) is 39.2 Å². The molecule has 0 spiro atoms. The summed E-state index contributed by atoms with van der Waals surface area (Å²) in [6.07, 6.45) is 7.69. The first-order valence-electron chi connectivity index (χ1n) is 4.83. The summed E-state index contributed by atoms with van der Waals surface area (Å²) in [4.78, 5) is 4.35. The monoisotopic (exact) mass is 190 g/mol. The van der Waals surface area contributed by atoms with Crippen molar-refractivity contribution in [2.24, 2.45) is 0 Å². The Bertz CT molecular complexity index is 351. The molecule has 0 saturated carbocycles. The van der Waals surface area contributed by atoms with Crippen molar-refractivity contribution < 1.29 is 0 Å². The van der Waals surface area contributed by atoms with Gasteiger partial charge in [-0.15, -0.1) is 0 Å². The van der Waals surface area contributed by atoms with Gasteiger partial charge in [0, 0.05) is 23.5 Å². The van der Waals surface area contributed by atoms with Crippen molar-refractivity contribution in [3.05, 3.63) is 30.4 Å². The van der Waals surface area contributed by atoms with Gasteiger partial charge in [0.25, 0.3) is 0 Å². The van der Waals surface area contributed by atoms with E-state index in [2.05, 4.69) is 32.3 Å². The van der Waals surface area contributed by atoms with E-state index in [0.717, 1.165) is 5.82 Å². The molecule has 0 radical (unpaired) electrons. The van der Waals surface area contributed by atoms with Gasteiger partial charge in [0.05, 0.1) is 0 Å². The van der Waals surface area contributed by atoms with Gasteiger partial charge in [-0.1, -0.05) is 33.4 Å². The summed E-state index contributed by atoms with van der Waals surface area (Å²) in [6, 6.07) is 0. The summed E-state index contributed by atoms with van der Waals surface area (Å²) in [5.41, 5.74) is 1.28. The molecular formula is C12H18N2. The molecule has 1 heterocycles. The van der Waals surface area contributed by atoms with E-state index in [1.807, 2.05) is 36.0 Å². The lowest BCUT2D eigenvalue weighted by molar-refractivity contribution is 0.560. The average molecular weight is 190 g/mol. The third kappa shape index (κ3) is 1.95. The van der Waals surface area contributed by atoms with E-state index in [1.165, 1.54) is 5.69 Å². The molecule has 76 valence electrons. The Morgan fingerprint density at radius 1 is 1.43 bits per heavy atom. The molecule has 1 aromatic heterocycles. The van der Waals surface area contributed by atoms with E-state index >= 15 is 0 Å². The van der Waals surface area contributed by atoms with Crippen LogP contribution in [0.25, 0.3) is 12.3 Å². The van der Waals surface area contributed by atoms with Crippen molar-refractivity contribution in [2.75, 3.05) is 0 Å². The number of nitrogens with zero attached hydrogens (tertiary/aromatic N) is 2. The Balaban J connectivity index is 3.27. The normalized spacial score (nSPS) is 12.3. The molecule has 1 aromatic rings. The van der Waals surface area contributed by atoms with Crippen molar-refractivity contribution in [1.29, 1.82) is 0 Å².